The molecule has 1 heterocycles. The van der Waals surface area contributed by atoms with Gasteiger partial charge in [-0.1, -0.05) is 38.0 Å². The minimum absolute atomic E-state index is 0.397. The normalized spacial score (nSPS) is 29.1. The highest BCUT2D eigenvalue weighted by Gasteiger charge is 2.39. The van der Waals surface area contributed by atoms with Gasteiger partial charge in [0.15, 0.2) is 0 Å². The molecule has 3 atom stereocenters. The molecule has 0 aromatic heterocycles. The van der Waals surface area contributed by atoms with E-state index in [1.807, 2.05) is 18.2 Å². The first-order valence-electron chi connectivity index (χ1n) is 7.85. The number of benzene rings is 1. The van der Waals surface area contributed by atoms with Gasteiger partial charge in [0.1, 0.15) is 5.75 Å². The van der Waals surface area contributed by atoms with Crippen molar-refractivity contribution >= 4 is 0 Å². The molecule has 0 radical (unpaired) electrons. The molecule has 1 saturated heterocycles. The number of aromatic hydroxyl groups is 1. The molecule has 1 aliphatic heterocycles. The zero-order valence-corrected chi connectivity index (χ0v) is 11.9. The highest BCUT2D eigenvalue weighted by Crippen LogP contribution is 2.42. The minimum atomic E-state index is 0.397. The van der Waals surface area contributed by atoms with Crippen molar-refractivity contribution in [2.24, 2.45) is 5.92 Å². The highest BCUT2D eigenvalue weighted by atomic mass is 16.3. The first kappa shape index (κ1) is 13.0. The molecule has 2 heteroatoms. The summed E-state index contributed by atoms with van der Waals surface area (Å²) in [6.45, 7) is 3.45. The lowest BCUT2D eigenvalue weighted by atomic mass is 9.84. The van der Waals surface area contributed by atoms with E-state index in [0.29, 0.717) is 11.8 Å². The molecule has 0 amide bonds. The zero-order valence-electron chi connectivity index (χ0n) is 11.9. The van der Waals surface area contributed by atoms with Gasteiger partial charge in [-0.15, -0.1) is 0 Å². The number of nitrogens with zero attached hydrogens (tertiary/aromatic N) is 1. The molecule has 0 spiro atoms. The monoisotopic (exact) mass is 259 g/mol. The molecule has 1 saturated carbocycles. The summed E-state index contributed by atoms with van der Waals surface area (Å²) in [7, 11) is 0. The highest BCUT2D eigenvalue weighted by molar-refractivity contribution is 5.34. The second-order valence-corrected chi connectivity index (χ2v) is 6.12. The van der Waals surface area contributed by atoms with Crippen LogP contribution in [-0.4, -0.2) is 22.6 Å². The van der Waals surface area contributed by atoms with E-state index in [4.69, 9.17) is 0 Å². The van der Waals surface area contributed by atoms with Gasteiger partial charge in [0.25, 0.3) is 0 Å². The van der Waals surface area contributed by atoms with Crippen LogP contribution in [0.5, 0.6) is 5.75 Å². The van der Waals surface area contributed by atoms with Gasteiger partial charge in [0, 0.05) is 17.6 Å². The Morgan fingerprint density at radius 2 is 2.00 bits per heavy atom. The SMILES string of the molecule is CCC(c1ccccc1O)N1CCC2CCCCC21. The Morgan fingerprint density at radius 1 is 1.21 bits per heavy atom. The van der Waals surface area contributed by atoms with E-state index in [2.05, 4.69) is 17.9 Å². The quantitative estimate of drug-likeness (QED) is 0.883. The molecule has 0 bridgehead atoms. The second kappa shape index (κ2) is 5.54. The maximum Gasteiger partial charge on any atom is 0.120 e. The number of likely N-dealkylation sites (tertiary alicyclic amines) is 1. The summed E-state index contributed by atoms with van der Waals surface area (Å²) >= 11 is 0. The van der Waals surface area contributed by atoms with Gasteiger partial charge in [-0.3, -0.25) is 4.90 Å². The van der Waals surface area contributed by atoms with E-state index in [9.17, 15) is 5.11 Å². The van der Waals surface area contributed by atoms with E-state index >= 15 is 0 Å². The zero-order chi connectivity index (χ0) is 13.2. The number of hydrogen-bond acceptors (Lipinski definition) is 2. The second-order valence-electron chi connectivity index (χ2n) is 6.12. The fourth-order valence-corrected chi connectivity index (χ4v) is 4.23. The summed E-state index contributed by atoms with van der Waals surface area (Å²) in [5.41, 5.74) is 1.12. The standard InChI is InChI=1S/C17H25NO/c1-2-15(14-8-4-6-10-17(14)19)18-12-11-13-7-3-5-9-16(13)18/h4,6,8,10,13,15-16,19H,2-3,5,7,9,11-12H2,1H3. The first-order valence-corrected chi connectivity index (χ1v) is 7.85. The number of rotatable bonds is 3. The van der Waals surface area contributed by atoms with Gasteiger partial charge in [0.05, 0.1) is 0 Å². The van der Waals surface area contributed by atoms with Crippen molar-refractivity contribution in [2.75, 3.05) is 6.54 Å². The van der Waals surface area contributed by atoms with Gasteiger partial charge in [-0.2, -0.15) is 0 Å². The average Bonchev–Trinajstić information content (AvgIpc) is 2.86. The van der Waals surface area contributed by atoms with Crippen molar-refractivity contribution < 1.29 is 5.11 Å². The Hall–Kier alpha value is -1.02. The van der Waals surface area contributed by atoms with Crippen LogP contribution in [0.4, 0.5) is 0 Å². The van der Waals surface area contributed by atoms with E-state index < -0.39 is 0 Å². The largest absolute Gasteiger partial charge is 0.508 e. The molecule has 1 N–H and O–H groups in total. The molecule has 1 aliphatic carbocycles. The smallest absolute Gasteiger partial charge is 0.120 e. The molecule has 104 valence electrons. The van der Waals surface area contributed by atoms with E-state index in [0.717, 1.165) is 23.9 Å². The van der Waals surface area contributed by atoms with Crippen LogP contribution in [0.15, 0.2) is 24.3 Å². The van der Waals surface area contributed by atoms with Crippen LogP contribution in [-0.2, 0) is 0 Å². The Morgan fingerprint density at radius 3 is 2.79 bits per heavy atom. The Bertz CT molecular complexity index is 431. The van der Waals surface area contributed by atoms with E-state index in [1.54, 1.807) is 0 Å². The third kappa shape index (κ3) is 2.38. The van der Waals surface area contributed by atoms with Crippen LogP contribution in [0.1, 0.15) is 57.1 Å². The lowest BCUT2D eigenvalue weighted by Crippen LogP contribution is -2.37. The molecule has 1 aromatic rings. The van der Waals surface area contributed by atoms with E-state index in [-0.39, 0.29) is 0 Å². The van der Waals surface area contributed by atoms with Gasteiger partial charge < -0.3 is 5.11 Å². The number of phenolic OH excluding ortho intramolecular Hbond substituents is 1. The molecular formula is C17H25NO. The van der Waals surface area contributed by atoms with Gasteiger partial charge in [-0.05, 0) is 44.2 Å². The topological polar surface area (TPSA) is 23.5 Å². The summed E-state index contributed by atoms with van der Waals surface area (Å²) in [5.74, 6) is 1.38. The van der Waals surface area contributed by atoms with Crippen molar-refractivity contribution in [1.29, 1.82) is 0 Å². The first-order chi connectivity index (χ1) is 9.31. The fraction of sp³-hybridized carbons (Fsp3) is 0.647. The van der Waals surface area contributed by atoms with Crippen molar-refractivity contribution in [3.63, 3.8) is 0 Å². The van der Waals surface area contributed by atoms with Gasteiger partial charge in [0.2, 0.25) is 0 Å². The maximum atomic E-state index is 10.1. The Labute approximate surface area is 116 Å². The molecule has 3 rings (SSSR count). The number of phenols is 1. The summed E-state index contributed by atoms with van der Waals surface area (Å²) in [6, 6.07) is 9.05. The Kier molecular flexibility index (Phi) is 3.79. The van der Waals surface area contributed by atoms with Crippen molar-refractivity contribution in [2.45, 2.75) is 57.5 Å². The lowest BCUT2D eigenvalue weighted by Gasteiger charge is -2.37. The van der Waals surface area contributed by atoms with Crippen LogP contribution in [0, 0.1) is 5.92 Å². The molecule has 2 aliphatic rings. The van der Waals surface area contributed by atoms with Crippen LogP contribution in [0.25, 0.3) is 0 Å². The lowest BCUT2D eigenvalue weighted by molar-refractivity contribution is 0.127. The molecule has 19 heavy (non-hydrogen) atoms. The van der Waals surface area contributed by atoms with Crippen LogP contribution >= 0.6 is 0 Å². The molecule has 2 fully saturated rings. The van der Waals surface area contributed by atoms with Crippen LogP contribution in [0.2, 0.25) is 0 Å². The molecule has 2 nitrogen and oxygen atoms in total. The van der Waals surface area contributed by atoms with Crippen LogP contribution in [0.3, 0.4) is 0 Å². The number of hydrogen-bond donors (Lipinski definition) is 1. The molecule has 3 unspecified atom stereocenters. The number of fused-ring (bicyclic) bond motifs is 1. The average molecular weight is 259 g/mol. The third-order valence-corrected chi connectivity index (χ3v) is 5.14. The maximum absolute atomic E-state index is 10.1. The van der Waals surface area contributed by atoms with Crippen molar-refractivity contribution in [1.82, 2.24) is 4.90 Å². The van der Waals surface area contributed by atoms with Crippen LogP contribution < -0.4 is 0 Å². The summed E-state index contributed by atoms with van der Waals surface area (Å²) in [4.78, 5) is 2.68. The summed E-state index contributed by atoms with van der Waals surface area (Å²) in [5, 5.41) is 10.1. The predicted octanol–water partition coefficient (Wildman–Crippen LogP) is 4.11. The predicted molar refractivity (Wildman–Crippen MR) is 78.2 cm³/mol. The molecule has 1 aromatic carbocycles. The summed E-state index contributed by atoms with van der Waals surface area (Å²) in [6.07, 6.45) is 8.01. The number of para-hydroxylation sites is 1. The minimum Gasteiger partial charge on any atom is -0.508 e. The van der Waals surface area contributed by atoms with Crippen molar-refractivity contribution in [3.05, 3.63) is 29.8 Å². The van der Waals surface area contributed by atoms with Gasteiger partial charge in [-0.25, -0.2) is 0 Å². The third-order valence-electron chi connectivity index (χ3n) is 5.14. The Balaban J connectivity index is 1.85. The van der Waals surface area contributed by atoms with E-state index in [1.165, 1.54) is 38.6 Å². The summed E-state index contributed by atoms with van der Waals surface area (Å²) < 4.78 is 0. The fourth-order valence-electron chi connectivity index (χ4n) is 4.23. The van der Waals surface area contributed by atoms with Gasteiger partial charge >= 0.3 is 0 Å². The molecular weight excluding hydrogens is 234 g/mol. The van der Waals surface area contributed by atoms with Crippen molar-refractivity contribution in [3.8, 4) is 5.75 Å².